The number of hydrogen-bond acceptors (Lipinski definition) is 3. The van der Waals surface area contributed by atoms with E-state index in [1.807, 2.05) is 6.07 Å². The molecule has 1 aromatic carbocycles. The number of ether oxygens (including phenoxy) is 1. The topological polar surface area (TPSA) is 50.4 Å². The molecule has 2 N–H and O–H groups in total. The third-order valence-electron chi connectivity index (χ3n) is 2.59. The fraction of sp³-hybridized carbons (Fsp3) is 0.429. The van der Waals surface area contributed by atoms with Crippen LogP contribution in [0, 0.1) is 0 Å². The van der Waals surface area contributed by atoms with Crippen LogP contribution in [0.2, 0.25) is 10.0 Å². The summed E-state index contributed by atoms with van der Waals surface area (Å²) in [4.78, 5) is 11.1. The van der Waals surface area contributed by atoms with Crippen LogP contribution in [0.15, 0.2) is 18.2 Å². The number of carbonyl (C=O) groups is 1. The maximum Gasteiger partial charge on any atom is 0.305 e. The molecule has 0 aliphatic carbocycles. The number of nitrogens with one attached hydrogen (secondary N) is 2. The standard InChI is InChI=1S/C14H18Cl2N2O2S/c1-2-20-13(19)4-3-7-17-14(21)18-9-10-5-6-11(15)12(16)8-10/h5-6,8H,2-4,7,9H2,1H3,(H2,17,18,21). The molecule has 0 bridgehead atoms. The van der Waals surface area contributed by atoms with Gasteiger partial charge in [-0.05, 0) is 43.3 Å². The fourth-order valence-corrected chi connectivity index (χ4v) is 2.06. The van der Waals surface area contributed by atoms with Gasteiger partial charge in [-0.15, -0.1) is 0 Å². The summed E-state index contributed by atoms with van der Waals surface area (Å²) >= 11 is 16.9. The van der Waals surface area contributed by atoms with Crippen molar-refractivity contribution in [2.24, 2.45) is 0 Å². The average molecular weight is 349 g/mol. The molecule has 7 heteroatoms. The summed E-state index contributed by atoms with van der Waals surface area (Å²) in [6.45, 7) is 3.38. The van der Waals surface area contributed by atoms with Crippen LogP contribution in [0.4, 0.5) is 0 Å². The SMILES string of the molecule is CCOC(=O)CCCNC(=S)NCc1ccc(Cl)c(Cl)c1. The number of halogens is 2. The highest BCUT2D eigenvalue weighted by atomic mass is 35.5. The second-order valence-electron chi connectivity index (χ2n) is 4.27. The van der Waals surface area contributed by atoms with Crippen molar-refractivity contribution in [3.05, 3.63) is 33.8 Å². The molecule has 0 saturated carbocycles. The van der Waals surface area contributed by atoms with Crippen molar-refractivity contribution in [2.45, 2.75) is 26.3 Å². The zero-order valence-corrected chi connectivity index (χ0v) is 14.1. The lowest BCUT2D eigenvalue weighted by Gasteiger charge is -2.10. The van der Waals surface area contributed by atoms with Gasteiger partial charge in [0.05, 0.1) is 16.7 Å². The minimum Gasteiger partial charge on any atom is -0.466 e. The van der Waals surface area contributed by atoms with Crippen molar-refractivity contribution >= 4 is 46.5 Å². The zero-order chi connectivity index (χ0) is 15.7. The molecule has 0 fully saturated rings. The molecular weight excluding hydrogens is 331 g/mol. The van der Waals surface area contributed by atoms with E-state index in [1.165, 1.54) is 0 Å². The quantitative estimate of drug-likeness (QED) is 0.449. The van der Waals surface area contributed by atoms with Gasteiger partial charge in [-0.2, -0.15) is 0 Å². The van der Waals surface area contributed by atoms with Gasteiger partial charge in [-0.3, -0.25) is 4.79 Å². The summed E-state index contributed by atoms with van der Waals surface area (Å²) < 4.78 is 4.84. The molecule has 0 heterocycles. The number of thiocarbonyl (C=S) groups is 1. The molecule has 0 spiro atoms. The largest absolute Gasteiger partial charge is 0.466 e. The van der Waals surface area contributed by atoms with Crippen LogP contribution in [0.25, 0.3) is 0 Å². The monoisotopic (exact) mass is 348 g/mol. The normalized spacial score (nSPS) is 10.0. The van der Waals surface area contributed by atoms with Crippen LogP contribution in [0.1, 0.15) is 25.3 Å². The Hall–Kier alpha value is -1.04. The summed E-state index contributed by atoms with van der Waals surface area (Å²) in [6.07, 6.45) is 1.06. The second kappa shape index (κ2) is 9.82. The van der Waals surface area contributed by atoms with Crippen molar-refractivity contribution in [3.8, 4) is 0 Å². The lowest BCUT2D eigenvalue weighted by atomic mass is 10.2. The van der Waals surface area contributed by atoms with E-state index in [9.17, 15) is 4.79 Å². The number of rotatable bonds is 7. The van der Waals surface area contributed by atoms with Gasteiger partial charge in [0, 0.05) is 19.5 Å². The summed E-state index contributed by atoms with van der Waals surface area (Å²) in [5.74, 6) is -0.186. The van der Waals surface area contributed by atoms with Crippen molar-refractivity contribution < 1.29 is 9.53 Å². The predicted molar refractivity (Wildman–Crippen MR) is 89.8 cm³/mol. The second-order valence-corrected chi connectivity index (χ2v) is 5.49. The zero-order valence-electron chi connectivity index (χ0n) is 11.7. The van der Waals surface area contributed by atoms with Crippen LogP contribution >= 0.6 is 35.4 Å². The molecule has 0 aromatic heterocycles. The van der Waals surface area contributed by atoms with Gasteiger partial charge in [-0.25, -0.2) is 0 Å². The highest BCUT2D eigenvalue weighted by molar-refractivity contribution is 7.80. The Labute approximate surface area is 140 Å². The lowest BCUT2D eigenvalue weighted by Crippen LogP contribution is -2.35. The first-order chi connectivity index (χ1) is 10.0. The Morgan fingerprint density at radius 2 is 2.05 bits per heavy atom. The van der Waals surface area contributed by atoms with E-state index in [-0.39, 0.29) is 5.97 Å². The first kappa shape index (κ1) is 18.0. The van der Waals surface area contributed by atoms with Gasteiger partial charge in [-0.1, -0.05) is 29.3 Å². The third kappa shape index (κ3) is 7.50. The Bertz CT molecular complexity index is 498. The first-order valence-corrected chi connectivity index (χ1v) is 7.80. The van der Waals surface area contributed by atoms with E-state index >= 15 is 0 Å². The Balaban J connectivity index is 2.19. The summed E-state index contributed by atoms with van der Waals surface area (Å²) in [5, 5.41) is 7.67. The van der Waals surface area contributed by atoms with E-state index in [1.54, 1.807) is 19.1 Å². The molecular formula is C14H18Cl2N2O2S. The molecule has 4 nitrogen and oxygen atoms in total. The summed E-state index contributed by atoms with van der Waals surface area (Å²) in [7, 11) is 0. The molecule has 0 radical (unpaired) electrons. The van der Waals surface area contributed by atoms with Gasteiger partial charge >= 0.3 is 5.97 Å². The number of benzene rings is 1. The van der Waals surface area contributed by atoms with Gasteiger partial charge < -0.3 is 15.4 Å². The van der Waals surface area contributed by atoms with E-state index in [0.717, 1.165) is 5.56 Å². The van der Waals surface area contributed by atoms with E-state index in [2.05, 4.69) is 10.6 Å². The molecule has 0 saturated heterocycles. The van der Waals surface area contributed by atoms with Crippen LogP contribution in [-0.4, -0.2) is 24.2 Å². The summed E-state index contributed by atoms with van der Waals surface area (Å²) in [5.41, 5.74) is 0.986. The van der Waals surface area contributed by atoms with E-state index < -0.39 is 0 Å². The van der Waals surface area contributed by atoms with Gasteiger partial charge in [0.1, 0.15) is 0 Å². The molecule has 0 unspecified atom stereocenters. The fourth-order valence-electron chi connectivity index (χ4n) is 1.56. The molecule has 21 heavy (non-hydrogen) atoms. The molecule has 0 aliphatic rings. The minimum absolute atomic E-state index is 0.186. The van der Waals surface area contributed by atoms with Gasteiger partial charge in [0.2, 0.25) is 0 Å². The predicted octanol–water partition coefficient (Wildman–Crippen LogP) is 3.30. The minimum atomic E-state index is -0.186. The van der Waals surface area contributed by atoms with Crippen molar-refractivity contribution in [3.63, 3.8) is 0 Å². The highest BCUT2D eigenvalue weighted by Crippen LogP contribution is 2.22. The van der Waals surface area contributed by atoms with Gasteiger partial charge in [0.25, 0.3) is 0 Å². The average Bonchev–Trinajstić information content (AvgIpc) is 2.45. The van der Waals surface area contributed by atoms with Crippen LogP contribution in [0.5, 0.6) is 0 Å². The van der Waals surface area contributed by atoms with Crippen molar-refractivity contribution in [1.82, 2.24) is 10.6 Å². The Kier molecular flexibility index (Phi) is 8.42. The molecule has 0 atom stereocenters. The molecule has 0 aliphatic heterocycles. The molecule has 0 amide bonds. The molecule has 1 aromatic rings. The van der Waals surface area contributed by atoms with Crippen molar-refractivity contribution in [1.29, 1.82) is 0 Å². The molecule has 116 valence electrons. The summed E-state index contributed by atoms with van der Waals surface area (Å²) in [6, 6.07) is 5.42. The van der Waals surface area contributed by atoms with Crippen LogP contribution < -0.4 is 10.6 Å². The third-order valence-corrected chi connectivity index (χ3v) is 3.61. The maximum atomic E-state index is 11.1. The smallest absolute Gasteiger partial charge is 0.305 e. The van der Waals surface area contributed by atoms with E-state index in [4.69, 9.17) is 40.2 Å². The van der Waals surface area contributed by atoms with E-state index in [0.29, 0.717) is 47.7 Å². The van der Waals surface area contributed by atoms with Crippen LogP contribution in [0.3, 0.4) is 0 Å². The van der Waals surface area contributed by atoms with Crippen molar-refractivity contribution in [2.75, 3.05) is 13.2 Å². The first-order valence-electron chi connectivity index (χ1n) is 6.64. The Morgan fingerprint density at radius 3 is 2.71 bits per heavy atom. The highest BCUT2D eigenvalue weighted by Gasteiger charge is 2.03. The number of esters is 1. The number of carbonyl (C=O) groups excluding carboxylic acids is 1. The van der Waals surface area contributed by atoms with Crippen LogP contribution in [-0.2, 0) is 16.1 Å². The lowest BCUT2D eigenvalue weighted by molar-refractivity contribution is -0.143. The maximum absolute atomic E-state index is 11.1. The Morgan fingerprint density at radius 1 is 1.29 bits per heavy atom. The molecule has 1 rings (SSSR count). The van der Waals surface area contributed by atoms with Gasteiger partial charge in [0.15, 0.2) is 5.11 Å². The number of hydrogen-bond donors (Lipinski definition) is 2.